The third-order valence-corrected chi connectivity index (χ3v) is 6.21. The van der Waals surface area contributed by atoms with Gasteiger partial charge in [-0.15, -0.1) is 0 Å². The van der Waals surface area contributed by atoms with Crippen molar-refractivity contribution in [2.75, 3.05) is 18.0 Å². The van der Waals surface area contributed by atoms with Gasteiger partial charge in [0.1, 0.15) is 5.82 Å². The van der Waals surface area contributed by atoms with Crippen molar-refractivity contribution in [2.45, 2.75) is 24.8 Å². The Hall–Kier alpha value is -3.80. The van der Waals surface area contributed by atoms with Crippen LogP contribution < -0.4 is 10.2 Å². The van der Waals surface area contributed by atoms with Gasteiger partial charge in [0.15, 0.2) is 0 Å². The average molecular weight is 422 g/mol. The second-order valence-corrected chi connectivity index (χ2v) is 8.58. The Morgan fingerprint density at radius 1 is 0.938 bits per heavy atom. The van der Waals surface area contributed by atoms with Crippen LogP contribution in [-0.4, -0.2) is 40.0 Å². The fourth-order valence-corrected chi connectivity index (χ4v) is 4.24. The Balaban J connectivity index is 1.23. The topological polar surface area (TPSA) is 71.0 Å². The summed E-state index contributed by atoms with van der Waals surface area (Å²) >= 11 is 0. The Labute approximate surface area is 186 Å². The van der Waals surface area contributed by atoms with E-state index in [0.29, 0.717) is 11.6 Å². The monoisotopic (exact) mass is 421 g/mol. The molecular formula is C26H23N5O. The minimum Gasteiger partial charge on any atom is -0.355 e. The van der Waals surface area contributed by atoms with Crippen LogP contribution in [0.2, 0.25) is 0 Å². The molecule has 4 aromatic rings. The van der Waals surface area contributed by atoms with Gasteiger partial charge in [0, 0.05) is 54.0 Å². The summed E-state index contributed by atoms with van der Waals surface area (Å²) in [6.45, 7) is 1.69. The number of rotatable bonds is 5. The molecule has 6 heteroatoms. The van der Waals surface area contributed by atoms with Gasteiger partial charge in [-0.1, -0.05) is 30.3 Å². The van der Waals surface area contributed by atoms with Crippen molar-refractivity contribution >= 4 is 22.6 Å². The number of hydrogen-bond donors (Lipinski definition) is 1. The van der Waals surface area contributed by atoms with Gasteiger partial charge in [0.05, 0.1) is 16.9 Å². The van der Waals surface area contributed by atoms with E-state index in [1.807, 2.05) is 42.5 Å². The van der Waals surface area contributed by atoms with Crippen LogP contribution in [0.25, 0.3) is 22.2 Å². The highest BCUT2D eigenvalue weighted by molar-refractivity contribution is 5.95. The SMILES string of the molecule is O=C(NC1CC1)c1cccc(-c2nccnc2C2CN(c3ccc4ccccc4n3)C2)c1. The van der Waals surface area contributed by atoms with Crippen molar-refractivity contribution in [3.63, 3.8) is 0 Å². The van der Waals surface area contributed by atoms with Crippen LogP contribution >= 0.6 is 0 Å². The smallest absolute Gasteiger partial charge is 0.251 e. The zero-order valence-corrected chi connectivity index (χ0v) is 17.6. The standard InChI is InChI=1S/C26H23N5O/c32-26(29-21-9-10-21)19-6-3-5-18(14-19)24-25(28-13-12-27-24)20-15-31(16-20)23-11-8-17-4-1-2-7-22(17)30-23/h1-8,11-14,20-21H,9-10,15-16H2,(H,29,32). The lowest BCUT2D eigenvalue weighted by atomic mass is 9.92. The second kappa shape index (κ2) is 7.71. The minimum absolute atomic E-state index is 0.0167. The summed E-state index contributed by atoms with van der Waals surface area (Å²) in [5.74, 6) is 1.25. The number of anilines is 1. The van der Waals surface area contributed by atoms with E-state index < -0.39 is 0 Å². The number of nitrogens with zero attached hydrogens (tertiary/aromatic N) is 4. The first-order valence-corrected chi connectivity index (χ1v) is 11.1. The quantitative estimate of drug-likeness (QED) is 0.523. The van der Waals surface area contributed by atoms with Crippen LogP contribution in [0.4, 0.5) is 5.82 Å². The third kappa shape index (κ3) is 3.58. The number of fused-ring (bicyclic) bond motifs is 1. The summed E-state index contributed by atoms with van der Waals surface area (Å²) in [6, 6.07) is 20.4. The molecule has 6 nitrogen and oxygen atoms in total. The summed E-state index contributed by atoms with van der Waals surface area (Å²) in [6.07, 6.45) is 5.62. The number of nitrogens with one attached hydrogen (secondary N) is 1. The molecule has 1 N–H and O–H groups in total. The number of aromatic nitrogens is 3. The number of benzene rings is 2. The molecule has 1 aliphatic carbocycles. The molecule has 1 saturated heterocycles. The first-order chi connectivity index (χ1) is 15.7. The largest absolute Gasteiger partial charge is 0.355 e. The van der Waals surface area contributed by atoms with E-state index in [9.17, 15) is 4.79 Å². The van der Waals surface area contributed by atoms with Crippen LogP contribution in [0.15, 0.2) is 73.1 Å². The van der Waals surface area contributed by atoms with Crippen molar-refractivity contribution < 1.29 is 4.79 Å². The molecule has 2 aliphatic rings. The molecule has 3 heterocycles. The van der Waals surface area contributed by atoms with Crippen LogP contribution in [0.3, 0.4) is 0 Å². The zero-order chi connectivity index (χ0) is 21.5. The molecule has 6 rings (SSSR count). The van der Waals surface area contributed by atoms with Gasteiger partial charge in [-0.25, -0.2) is 4.98 Å². The maximum absolute atomic E-state index is 12.5. The lowest BCUT2D eigenvalue weighted by molar-refractivity contribution is 0.0951. The molecule has 0 spiro atoms. The van der Waals surface area contributed by atoms with Crippen molar-refractivity contribution in [3.8, 4) is 11.3 Å². The van der Waals surface area contributed by atoms with Gasteiger partial charge in [-0.05, 0) is 43.2 Å². The van der Waals surface area contributed by atoms with Crippen molar-refractivity contribution in [1.29, 1.82) is 0 Å². The third-order valence-electron chi connectivity index (χ3n) is 6.21. The fourth-order valence-electron chi connectivity index (χ4n) is 4.24. The van der Waals surface area contributed by atoms with Crippen molar-refractivity contribution in [1.82, 2.24) is 20.3 Å². The maximum atomic E-state index is 12.5. The van der Waals surface area contributed by atoms with Crippen molar-refractivity contribution in [3.05, 3.63) is 84.3 Å². The van der Waals surface area contributed by atoms with E-state index in [2.05, 4.69) is 38.4 Å². The lowest BCUT2D eigenvalue weighted by Crippen LogP contribution is -2.46. The highest BCUT2D eigenvalue weighted by Crippen LogP contribution is 2.35. The van der Waals surface area contributed by atoms with E-state index >= 15 is 0 Å². The zero-order valence-electron chi connectivity index (χ0n) is 17.6. The molecular weight excluding hydrogens is 398 g/mol. The molecule has 0 unspecified atom stereocenters. The van der Waals surface area contributed by atoms with E-state index in [0.717, 1.165) is 59.6 Å². The normalized spacial score (nSPS) is 16.1. The number of hydrogen-bond acceptors (Lipinski definition) is 5. The number of amides is 1. The number of carbonyl (C=O) groups is 1. The summed E-state index contributed by atoms with van der Waals surface area (Å²) in [5.41, 5.74) is 4.43. The summed E-state index contributed by atoms with van der Waals surface area (Å²) in [5, 5.41) is 4.20. The van der Waals surface area contributed by atoms with Crippen molar-refractivity contribution in [2.24, 2.45) is 0 Å². The van der Waals surface area contributed by atoms with Gasteiger partial charge in [0.25, 0.3) is 5.91 Å². The highest BCUT2D eigenvalue weighted by Gasteiger charge is 2.32. The van der Waals surface area contributed by atoms with Crippen LogP contribution in [0.5, 0.6) is 0 Å². The maximum Gasteiger partial charge on any atom is 0.251 e. The van der Waals surface area contributed by atoms with Crippen LogP contribution in [0, 0.1) is 0 Å². The first kappa shape index (κ1) is 18.9. The molecule has 0 bridgehead atoms. The summed E-state index contributed by atoms with van der Waals surface area (Å²) < 4.78 is 0. The molecule has 158 valence electrons. The van der Waals surface area contributed by atoms with E-state index in [4.69, 9.17) is 4.98 Å². The Morgan fingerprint density at radius 2 is 1.78 bits per heavy atom. The van der Waals surface area contributed by atoms with E-state index in [1.165, 1.54) is 0 Å². The van der Waals surface area contributed by atoms with Gasteiger partial charge >= 0.3 is 0 Å². The number of carbonyl (C=O) groups excluding carboxylic acids is 1. The number of para-hydroxylation sites is 1. The summed E-state index contributed by atoms with van der Waals surface area (Å²) in [7, 11) is 0. The highest BCUT2D eigenvalue weighted by atomic mass is 16.1. The Kier molecular flexibility index (Phi) is 4.56. The minimum atomic E-state index is -0.0167. The number of pyridine rings is 1. The van der Waals surface area contributed by atoms with Gasteiger partial charge < -0.3 is 10.2 Å². The molecule has 2 fully saturated rings. The Morgan fingerprint density at radius 3 is 2.66 bits per heavy atom. The van der Waals surface area contributed by atoms with E-state index in [1.54, 1.807) is 12.4 Å². The van der Waals surface area contributed by atoms with E-state index in [-0.39, 0.29) is 11.8 Å². The van der Waals surface area contributed by atoms with Gasteiger partial charge in [-0.3, -0.25) is 14.8 Å². The molecule has 2 aromatic carbocycles. The fraction of sp³-hybridized carbons (Fsp3) is 0.231. The molecule has 0 atom stereocenters. The molecule has 1 aliphatic heterocycles. The molecule has 1 saturated carbocycles. The molecule has 1 amide bonds. The molecule has 32 heavy (non-hydrogen) atoms. The average Bonchev–Trinajstić information content (AvgIpc) is 3.62. The molecule has 0 radical (unpaired) electrons. The van der Waals surface area contributed by atoms with Crippen LogP contribution in [0.1, 0.15) is 34.8 Å². The predicted octanol–water partition coefficient (Wildman–Crippen LogP) is 4.19. The van der Waals surface area contributed by atoms with Gasteiger partial charge in [-0.2, -0.15) is 0 Å². The molecule has 2 aromatic heterocycles. The van der Waals surface area contributed by atoms with Gasteiger partial charge in [0.2, 0.25) is 0 Å². The first-order valence-electron chi connectivity index (χ1n) is 11.1. The summed E-state index contributed by atoms with van der Waals surface area (Å²) in [4.78, 5) is 28.9. The predicted molar refractivity (Wildman–Crippen MR) is 125 cm³/mol. The lowest BCUT2D eigenvalue weighted by Gasteiger charge is -2.40. The Bertz CT molecular complexity index is 1310. The second-order valence-electron chi connectivity index (χ2n) is 8.58. The van der Waals surface area contributed by atoms with Crippen LogP contribution in [-0.2, 0) is 0 Å².